The Bertz CT molecular complexity index is 345. The van der Waals surface area contributed by atoms with Crippen molar-refractivity contribution in [3.63, 3.8) is 0 Å². The minimum Gasteiger partial charge on any atom is -0.381 e. The van der Waals surface area contributed by atoms with E-state index in [0.717, 1.165) is 56.8 Å². The molecule has 2 rings (SSSR count). The number of thioether (sulfide) groups is 1. The summed E-state index contributed by atoms with van der Waals surface area (Å²) in [6.07, 6.45) is 10.7. The number of hydrogen-bond donors (Lipinski definition) is 2. The number of aliphatic imine (C=N–C) groups is 1. The van der Waals surface area contributed by atoms with Gasteiger partial charge in [-0.3, -0.25) is 4.99 Å². The van der Waals surface area contributed by atoms with Crippen LogP contribution < -0.4 is 10.6 Å². The second-order valence-corrected chi connectivity index (χ2v) is 8.61. The Morgan fingerprint density at radius 3 is 2.61 bits per heavy atom. The molecule has 1 heterocycles. The molecule has 0 spiro atoms. The summed E-state index contributed by atoms with van der Waals surface area (Å²) in [5.41, 5.74) is 0. The third-order valence-electron chi connectivity index (χ3n) is 5.21. The van der Waals surface area contributed by atoms with Gasteiger partial charge in [0.2, 0.25) is 0 Å². The first kappa shape index (κ1) is 18.9. The molecule has 0 amide bonds. The van der Waals surface area contributed by atoms with E-state index in [-0.39, 0.29) is 0 Å². The average molecular weight is 342 g/mol. The fraction of sp³-hybridized carbons (Fsp3) is 0.944. The van der Waals surface area contributed by atoms with Crippen LogP contribution in [0.15, 0.2) is 4.99 Å². The Morgan fingerprint density at radius 1 is 1.22 bits per heavy atom. The van der Waals surface area contributed by atoms with E-state index in [0.29, 0.717) is 4.75 Å². The molecule has 1 aliphatic heterocycles. The van der Waals surface area contributed by atoms with Crippen molar-refractivity contribution in [2.24, 2.45) is 10.9 Å². The lowest BCUT2D eigenvalue weighted by Crippen LogP contribution is -2.48. The molecule has 5 heteroatoms. The molecule has 2 aliphatic rings. The number of guanidine groups is 1. The first-order chi connectivity index (χ1) is 11.3. The molecule has 1 aliphatic carbocycles. The van der Waals surface area contributed by atoms with Gasteiger partial charge in [0, 0.05) is 38.1 Å². The summed E-state index contributed by atoms with van der Waals surface area (Å²) < 4.78 is 5.86. The maximum Gasteiger partial charge on any atom is 0.191 e. The normalized spacial score (nSPS) is 22.3. The van der Waals surface area contributed by atoms with Crippen LogP contribution in [-0.4, -0.2) is 49.8 Å². The highest BCUT2D eigenvalue weighted by Gasteiger charge is 2.32. The van der Waals surface area contributed by atoms with Gasteiger partial charge < -0.3 is 15.4 Å². The molecule has 0 aromatic rings. The summed E-state index contributed by atoms with van der Waals surface area (Å²) >= 11 is 2.07. The highest BCUT2D eigenvalue weighted by atomic mass is 32.2. The van der Waals surface area contributed by atoms with Crippen LogP contribution in [0.3, 0.4) is 0 Å². The van der Waals surface area contributed by atoms with Crippen LogP contribution in [0.4, 0.5) is 0 Å². The largest absolute Gasteiger partial charge is 0.381 e. The van der Waals surface area contributed by atoms with Crippen LogP contribution in [0, 0.1) is 5.92 Å². The summed E-state index contributed by atoms with van der Waals surface area (Å²) in [7, 11) is 1.87. The minimum atomic E-state index is 0.314. The van der Waals surface area contributed by atoms with E-state index in [1.54, 1.807) is 0 Å². The number of ether oxygens (including phenoxy) is 1. The molecule has 0 aromatic carbocycles. The zero-order valence-corrected chi connectivity index (χ0v) is 15.8. The summed E-state index contributed by atoms with van der Waals surface area (Å²) in [6, 6.07) is 0. The first-order valence-corrected chi connectivity index (χ1v) is 10.4. The first-order valence-electron chi connectivity index (χ1n) is 9.44. The molecule has 0 bridgehead atoms. The number of nitrogens with one attached hydrogen (secondary N) is 2. The predicted molar refractivity (Wildman–Crippen MR) is 101 cm³/mol. The molecule has 0 atom stereocenters. The van der Waals surface area contributed by atoms with Crippen LogP contribution in [0.5, 0.6) is 0 Å². The number of rotatable bonds is 8. The predicted octanol–water partition coefficient (Wildman–Crippen LogP) is 3.42. The number of nitrogens with zero attached hydrogens (tertiary/aromatic N) is 1. The maximum absolute atomic E-state index is 5.55. The van der Waals surface area contributed by atoms with Crippen LogP contribution in [0.2, 0.25) is 0 Å². The van der Waals surface area contributed by atoms with Gasteiger partial charge in [0.1, 0.15) is 0 Å². The van der Waals surface area contributed by atoms with Gasteiger partial charge in [-0.2, -0.15) is 11.8 Å². The van der Waals surface area contributed by atoms with E-state index < -0.39 is 0 Å². The van der Waals surface area contributed by atoms with E-state index in [9.17, 15) is 0 Å². The van der Waals surface area contributed by atoms with Gasteiger partial charge in [-0.15, -0.1) is 0 Å². The minimum absolute atomic E-state index is 0.314. The smallest absolute Gasteiger partial charge is 0.191 e. The molecule has 0 aromatic heterocycles. The van der Waals surface area contributed by atoms with Crippen molar-refractivity contribution in [2.45, 2.75) is 63.0 Å². The second-order valence-electron chi connectivity index (χ2n) is 6.87. The molecule has 134 valence electrons. The Labute approximate surface area is 146 Å². The van der Waals surface area contributed by atoms with Crippen LogP contribution in [-0.2, 0) is 4.74 Å². The molecule has 0 radical (unpaired) electrons. The Balaban J connectivity index is 1.66. The zero-order valence-electron chi connectivity index (χ0n) is 15.0. The van der Waals surface area contributed by atoms with E-state index in [2.05, 4.69) is 34.3 Å². The van der Waals surface area contributed by atoms with Crippen molar-refractivity contribution in [3.8, 4) is 0 Å². The van der Waals surface area contributed by atoms with Crippen molar-refractivity contribution < 1.29 is 4.74 Å². The Kier molecular flexibility index (Phi) is 8.59. The average Bonchev–Trinajstić information content (AvgIpc) is 3.09. The van der Waals surface area contributed by atoms with E-state index in [1.165, 1.54) is 38.5 Å². The lowest BCUT2D eigenvalue weighted by atomic mass is 9.99. The van der Waals surface area contributed by atoms with E-state index in [4.69, 9.17) is 4.74 Å². The van der Waals surface area contributed by atoms with Crippen molar-refractivity contribution in [2.75, 3.05) is 39.1 Å². The standard InChI is InChI=1S/C18H35N3OS/c1-3-23-18(10-13-22-14-11-18)15-21-17(19-2)20-12-6-9-16-7-4-5-8-16/h16H,3-15H2,1-2H3,(H2,19,20,21). The lowest BCUT2D eigenvalue weighted by Gasteiger charge is -2.37. The van der Waals surface area contributed by atoms with E-state index >= 15 is 0 Å². The molecule has 1 saturated heterocycles. The van der Waals surface area contributed by atoms with Gasteiger partial charge in [-0.25, -0.2) is 0 Å². The van der Waals surface area contributed by atoms with Gasteiger partial charge in [0.05, 0.1) is 0 Å². The van der Waals surface area contributed by atoms with Crippen molar-refractivity contribution in [1.29, 1.82) is 0 Å². The SMILES string of the molecule is CCSC1(CNC(=NC)NCCCC2CCCC2)CCOCC1. The van der Waals surface area contributed by atoms with Crippen molar-refractivity contribution >= 4 is 17.7 Å². The van der Waals surface area contributed by atoms with Crippen molar-refractivity contribution in [3.05, 3.63) is 0 Å². The van der Waals surface area contributed by atoms with Crippen LogP contribution in [0.1, 0.15) is 58.3 Å². The summed E-state index contributed by atoms with van der Waals surface area (Å²) in [6.45, 7) is 6.05. The molecule has 2 fully saturated rings. The molecule has 2 N–H and O–H groups in total. The fourth-order valence-corrected chi connectivity index (χ4v) is 5.03. The van der Waals surface area contributed by atoms with Crippen LogP contribution in [0.25, 0.3) is 0 Å². The molecular formula is C18H35N3OS. The summed E-state index contributed by atoms with van der Waals surface area (Å²) in [4.78, 5) is 4.39. The third-order valence-corrected chi connectivity index (χ3v) is 6.67. The molecule has 4 nitrogen and oxygen atoms in total. The molecule has 1 saturated carbocycles. The molecular weight excluding hydrogens is 306 g/mol. The van der Waals surface area contributed by atoms with Gasteiger partial charge in [0.25, 0.3) is 0 Å². The fourth-order valence-electron chi connectivity index (χ4n) is 3.78. The highest BCUT2D eigenvalue weighted by Crippen LogP contribution is 2.34. The zero-order chi connectivity index (χ0) is 16.4. The quantitative estimate of drug-likeness (QED) is 0.403. The summed E-state index contributed by atoms with van der Waals surface area (Å²) in [5.74, 6) is 3.10. The lowest BCUT2D eigenvalue weighted by molar-refractivity contribution is 0.0782. The Morgan fingerprint density at radius 2 is 1.96 bits per heavy atom. The van der Waals surface area contributed by atoms with Gasteiger partial charge in [0.15, 0.2) is 5.96 Å². The van der Waals surface area contributed by atoms with Gasteiger partial charge >= 0.3 is 0 Å². The molecule has 23 heavy (non-hydrogen) atoms. The maximum atomic E-state index is 5.55. The topological polar surface area (TPSA) is 45.7 Å². The number of hydrogen-bond acceptors (Lipinski definition) is 3. The van der Waals surface area contributed by atoms with Crippen molar-refractivity contribution in [1.82, 2.24) is 10.6 Å². The van der Waals surface area contributed by atoms with Crippen LogP contribution >= 0.6 is 11.8 Å². The Hall–Kier alpha value is -0.420. The van der Waals surface area contributed by atoms with E-state index in [1.807, 2.05) is 7.05 Å². The van der Waals surface area contributed by atoms with Gasteiger partial charge in [-0.1, -0.05) is 32.6 Å². The molecule has 0 unspecified atom stereocenters. The van der Waals surface area contributed by atoms with Gasteiger partial charge in [-0.05, 0) is 37.4 Å². The highest BCUT2D eigenvalue weighted by molar-refractivity contribution is 8.00. The summed E-state index contributed by atoms with van der Waals surface area (Å²) in [5, 5.41) is 7.05. The second kappa shape index (κ2) is 10.4. The monoisotopic (exact) mass is 341 g/mol. The third kappa shape index (κ3) is 6.54.